The number of hydrogen-bond donors (Lipinski definition) is 2. The first-order chi connectivity index (χ1) is 13.7. The Balaban J connectivity index is 1.64. The molecule has 1 atom stereocenters. The maximum atomic E-state index is 13.3. The fraction of sp³-hybridized carbons (Fsp3) is 0.391. The average Bonchev–Trinajstić information content (AvgIpc) is 3.41. The second-order valence-corrected chi connectivity index (χ2v) is 8.98. The van der Waals surface area contributed by atoms with E-state index in [2.05, 4.69) is 5.32 Å². The van der Waals surface area contributed by atoms with Gasteiger partial charge in [0.1, 0.15) is 0 Å². The maximum Gasteiger partial charge on any atom is 0.257 e. The first-order valence-electron chi connectivity index (χ1n) is 9.90. The highest BCUT2D eigenvalue weighted by molar-refractivity contribution is 6.35. The molecule has 2 aromatic carbocycles. The van der Waals surface area contributed by atoms with Crippen molar-refractivity contribution in [2.24, 2.45) is 5.92 Å². The van der Waals surface area contributed by atoms with E-state index in [1.54, 1.807) is 36.9 Å². The summed E-state index contributed by atoms with van der Waals surface area (Å²) in [5.74, 6) is -0.178. The summed E-state index contributed by atoms with van der Waals surface area (Å²) in [5.41, 5.74) is 2.04. The van der Waals surface area contributed by atoms with Gasteiger partial charge in [-0.3, -0.25) is 9.59 Å². The van der Waals surface area contributed by atoms with Crippen molar-refractivity contribution in [2.45, 2.75) is 51.8 Å². The molecule has 2 amide bonds. The summed E-state index contributed by atoms with van der Waals surface area (Å²) < 4.78 is 0. The Morgan fingerprint density at radius 1 is 1.24 bits per heavy atom. The molecule has 0 spiro atoms. The second kappa shape index (κ2) is 7.15. The molecule has 0 radical (unpaired) electrons. The molecule has 1 aliphatic carbocycles. The number of amides is 2. The zero-order chi connectivity index (χ0) is 20.9. The highest BCUT2D eigenvalue weighted by Crippen LogP contribution is 2.43. The first-order valence-corrected chi connectivity index (χ1v) is 10.3. The lowest BCUT2D eigenvalue weighted by Crippen LogP contribution is -2.51. The first kappa shape index (κ1) is 19.9. The van der Waals surface area contributed by atoms with E-state index >= 15 is 0 Å². The van der Waals surface area contributed by atoms with Crippen molar-refractivity contribution >= 4 is 29.1 Å². The van der Waals surface area contributed by atoms with Gasteiger partial charge in [0.15, 0.2) is 0 Å². The van der Waals surface area contributed by atoms with Crippen molar-refractivity contribution in [2.75, 3.05) is 5.32 Å². The Hall–Kier alpha value is -2.37. The van der Waals surface area contributed by atoms with Crippen molar-refractivity contribution in [3.8, 4) is 0 Å². The van der Waals surface area contributed by atoms with Gasteiger partial charge in [-0.25, -0.2) is 0 Å². The predicted octanol–water partition coefficient (Wildman–Crippen LogP) is 4.41. The summed E-state index contributed by atoms with van der Waals surface area (Å²) in [6.45, 7) is 5.80. The second-order valence-electron chi connectivity index (χ2n) is 8.60. The summed E-state index contributed by atoms with van der Waals surface area (Å²) in [6.07, 6.45) is 2.04. The van der Waals surface area contributed by atoms with Crippen LogP contribution in [-0.4, -0.2) is 33.5 Å². The van der Waals surface area contributed by atoms with Gasteiger partial charge in [0.25, 0.3) is 11.8 Å². The highest BCUT2D eigenvalue weighted by Gasteiger charge is 2.48. The lowest BCUT2D eigenvalue weighted by molar-refractivity contribution is -0.0224. The van der Waals surface area contributed by atoms with Gasteiger partial charge in [-0.05, 0) is 62.8 Å². The van der Waals surface area contributed by atoms with Gasteiger partial charge >= 0.3 is 0 Å². The molecule has 0 bridgehead atoms. The molecule has 2 aliphatic rings. The van der Waals surface area contributed by atoms with E-state index in [4.69, 9.17) is 11.6 Å². The molecule has 0 aromatic heterocycles. The highest BCUT2D eigenvalue weighted by atomic mass is 35.5. The summed E-state index contributed by atoms with van der Waals surface area (Å²) in [4.78, 5) is 27.9. The minimum atomic E-state index is -0.989. The number of carbonyl (C=O) groups excluding carboxylic acids is 2. The van der Waals surface area contributed by atoms with E-state index in [0.29, 0.717) is 34.3 Å². The molecule has 2 N–H and O–H groups in total. The molecular formula is C23H25ClN2O3. The van der Waals surface area contributed by atoms with Crippen LogP contribution < -0.4 is 5.32 Å². The quantitative estimate of drug-likeness (QED) is 0.764. The standard InChI is InChI=1S/C23H25ClN2O3/c1-13-6-4-8-16(19(13)24)21(27)25-17-9-5-7-15-12-26(22(28)18(15)17)20(14-10-11-14)23(2,3)29/h4-9,14,20,29H,10-12H2,1-3H3,(H,25,27). The van der Waals surface area contributed by atoms with Crippen molar-refractivity contribution < 1.29 is 14.7 Å². The van der Waals surface area contributed by atoms with Crippen molar-refractivity contribution in [3.63, 3.8) is 0 Å². The smallest absolute Gasteiger partial charge is 0.257 e. The zero-order valence-electron chi connectivity index (χ0n) is 16.8. The number of nitrogens with one attached hydrogen (secondary N) is 1. The van der Waals surface area contributed by atoms with E-state index < -0.39 is 5.60 Å². The van der Waals surface area contributed by atoms with Crippen LogP contribution in [0.1, 0.15) is 58.5 Å². The number of aryl methyl sites for hydroxylation is 1. The molecule has 6 heteroatoms. The molecule has 29 heavy (non-hydrogen) atoms. The van der Waals surface area contributed by atoms with E-state index in [-0.39, 0.29) is 17.9 Å². The van der Waals surface area contributed by atoms with Gasteiger partial charge in [0.2, 0.25) is 0 Å². The largest absolute Gasteiger partial charge is 0.388 e. The number of anilines is 1. The topological polar surface area (TPSA) is 69.6 Å². The molecule has 1 saturated carbocycles. The molecule has 152 valence electrons. The Kier molecular flexibility index (Phi) is 4.91. The number of hydrogen-bond acceptors (Lipinski definition) is 3. The lowest BCUT2D eigenvalue weighted by Gasteiger charge is -2.37. The van der Waals surface area contributed by atoms with Crippen molar-refractivity contribution in [3.05, 3.63) is 63.7 Å². The van der Waals surface area contributed by atoms with Crippen molar-refractivity contribution in [1.29, 1.82) is 0 Å². The molecule has 5 nitrogen and oxygen atoms in total. The summed E-state index contributed by atoms with van der Waals surface area (Å²) in [6, 6.07) is 10.5. The number of fused-ring (bicyclic) bond motifs is 1. The minimum Gasteiger partial charge on any atom is -0.388 e. The van der Waals surface area contributed by atoms with Crippen LogP contribution in [0.4, 0.5) is 5.69 Å². The van der Waals surface area contributed by atoms with E-state index in [1.165, 1.54) is 0 Å². The van der Waals surface area contributed by atoms with Crippen LogP contribution in [-0.2, 0) is 6.54 Å². The molecule has 1 fully saturated rings. The number of nitrogens with zero attached hydrogens (tertiary/aromatic N) is 1. The van der Waals surface area contributed by atoms with Crippen LogP contribution in [0.5, 0.6) is 0 Å². The Morgan fingerprint density at radius 3 is 2.59 bits per heavy atom. The Bertz CT molecular complexity index is 992. The van der Waals surface area contributed by atoms with Gasteiger partial charge in [0.05, 0.1) is 33.5 Å². The Labute approximate surface area is 175 Å². The number of rotatable bonds is 5. The summed E-state index contributed by atoms with van der Waals surface area (Å²) in [5, 5.41) is 14.0. The fourth-order valence-corrected chi connectivity index (χ4v) is 4.56. The van der Waals surface area contributed by atoms with E-state index in [0.717, 1.165) is 24.0 Å². The van der Waals surface area contributed by atoms with Gasteiger partial charge < -0.3 is 15.3 Å². The zero-order valence-corrected chi connectivity index (χ0v) is 17.6. The molecule has 1 aliphatic heterocycles. The van der Waals surface area contributed by atoms with Gasteiger partial charge in [0, 0.05) is 6.54 Å². The van der Waals surface area contributed by atoms with Gasteiger partial charge in [-0.15, -0.1) is 0 Å². The molecule has 1 unspecified atom stereocenters. The Morgan fingerprint density at radius 2 is 1.93 bits per heavy atom. The summed E-state index contributed by atoms with van der Waals surface area (Å²) >= 11 is 6.29. The van der Waals surface area contributed by atoms with Crippen LogP contribution >= 0.6 is 11.6 Å². The van der Waals surface area contributed by atoms with E-state index in [9.17, 15) is 14.7 Å². The average molecular weight is 413 g/mol. The predicted molar refractivity (Wildman–Crippen MR) is 113 cm³/mol. The molecule has 4 rings (SSSR count). The normalized spacial score (nSPS) is 17.3. The van der Waals surface area contributed by atoms with Crippen LogP contribution in [0.3, 0.4) is 0 Å². The maximum absolute atomic E-state index is 13.3. The van der Waals surface area contributed by atoms with Crippen LogP contribution in [0.2, 0.25) is 5.02 Å². The SMILES string of the molecule is Cc1cccc(C(=O)Nc2cccc3c2C(=O)N(C(C2CC2)C(C)(C)O)C3)c1Cl. The van der Waals surface area contributed by atoms with Crippen LogP contribution in [0, 0.1) is 12.8 Å². The fourth-order valence-electron chi connectivity index (χ4n) is 4.35. The van der Waals surface area contributed by atoms with Gasteiger partial charge in [-0.2, -0.15) is 0 Å². The molecule has 0 saturated heterocycles. The number of halogens is 1. The van der Waals surface area contributed by atoms with Crippen LogP contribution in [0.15, 0.2) is 36.4 Å². The third-order valence-corrected chi connectivity index (χ3v) is 6.28. The molecule has 1 heterocycles. The number of carbonyl (C=O) groups is 2. The number of benzene rings is 2. The minimum absolute atomic E-state index is 0.148. The van der Waals surface area contributed by atoms with E-state index in [1.807, 2.05) is 25.1 Å². The monoisotopic (exact) mass is 412 g/mol. The lowest BCUT2D eigenvalue weighted by atomic mass is 9.93. The van der Waals surface area contributed by atoms with Gasteiger partial charge in [-0.1, -0.05) is 35.9 Å². The summed E-state index contributed by atoms with van der Waals surface area (Å²) in [7, 11) is 0. The van der Waals surface area contributed by atoms with Crippen molar-refractivity contribution in [1.82, 2.24) is 4.90 Å². The van der Waals surface area contributed by atoms with Crippen LogP contribution in [0.25, 0.3) is 0 Å². The number of aliphatic hydroxyl groups is 1. The third-order valence-electron chi connectivity index (χ3n) is 5.78. The molecule has 2 aromatic rings. The molecular weight excluding hydrogens is 388 g/mol. The third kappa shape index (κ3) is 3.65.